The number of nitrogens with one attached hydrogen (secondary N) is 2. The quantitative estimate of drug-likeness (QED) is 0.759. The molecule has 5 nitrogen and oxygen atoms in total. The van der Waals surface area contributed by atoms with E-state index in [2.05, 4.69) is 44.1 Å². The van der Waals surface area contributed by atoms with Gasteiger partial charge in [-0.15, -0.1) is 0 Å². The van der Waals surface area contributed by atoms with Gasteiger partial charge in [-0.2, -0.15) is 0 Å². The van der Waals surface area contributed by atoms with E-state index in [1.54, 1.807) is 4.90 Å². The van der Waals surface area contributed by atoms with Gasteiger partial charge in [-0.1, -0.05) is 45.9 Å². The van der Waals surface area contributed by atoms with E-state index in [-0.39, 0.29) is 0 Å². The average Bonchev–Trinajstić information content (AvgIpc) is 2.96. The van der Waals surface area contributed by atoms with E-state index in [1.165, 1.54) is 0 Å². The summed E-state index contributed by atoms with van der Waals surface area (Å²) in [5.41, 5.74) is 2.23. The van der Waals surface area contributed by atoms with Gasteiger partial charge in [0.15, 0.2) is 0 Å². The summed E-state index contributed by atoms with van der Waals surface area (Å²) in [6.07, 6.45) is 2.65. The van der Waals surface area contributed by atoms with Crippen LogP contribution in [0.15, 0.2) is 30.5 Å². The molecule has 0 unspecified atom stereocenters. The van der Waals surface area contributed by atoms with Gasteiger partial charge in [0.1, 0.15) is 0 Å². The molecule has 0 saturated carbocycles. The zero-order valence-corrected chi connectivity index (χ0v) is 15.6. The molecule has 0 saturated heterocycles. The fourth-order valence-electron chi connectivity index (χ4n) is 2.99. The molecule has 136 valence electrons. The van der Waals surface area contributed by atoms with Gasteiger partial charge in [0, 0.05) is 36.7 Å². The fraction of sp³-hybridized carbons (Fsp3) is 0.500. The standard InChI is InChI=1S/C20H29N3O2/c1-14(2)12-23(13-15(3)4)20(25)19(24)21-10-9-16-11-22-18-8-6-5-7-17(16)18/h5-8,11,14-15,22H,9-10,12-13H2,1-4H3,(H,21,24). The third kappa shape index (κ3) is 5.34. The smallest absolute Gasteiger partial charge is 0.311 e. The first-order valence-corrected chi connectivity index (χ1v) is 9.00. The summed E-state index contributed by atoms with van der Waals surface area (Å²) >= 11 is 0. The molecule has 2 rings (SSSR count). The number of rotatable bonds is 7. The largest absolute Gasteiger partial charge is 0.361 e. The molecule has 1 aromatic carbocycles. The maximum atomic E-state index is 12.4. The van der Waals surface area contributed by atoms with Crippen molar-refractivity contribution >= 4 is 22.7 Å². The molecule has 25 heavy (non-hydrogen) atoms. The number of carbonyl (C=O) groups is 2. The highest BCUT2D eigenvalue weighted by molar-refractivity contribution is 6.35. The molecule has 0 aliphatic heterocycles. The molecule has 0 atom stereocenters. The number of nitrogens with zero attached hydrogens (tertiary/aromatic N) is 1. The van der Waals surface area contributed by atoms with Crippen molar-refractivity contribution in [2.24, 2.45) is 11.8 Å². The summed E-state index contributed by atoms with van der Waals surface area (Å²) in [6, 6.07) is 8.07. The summed E-state index contributed by atoms with van der Waals surface area (Å²) in [5, 5.41) is 3.93. The Kier molecular flexibility index (Phi) is 6.62. The third-order valence-corrected chi connectivity index (χ3v) is 4.01. The van der Waals surface area contributed by atoms with Crippen LogP contribution in [0.2, 0.25) is 0 Å². The monoisotopic (exact) mass is 343 g/mol. The van der Waals surface area contributed by atoms with Gasteiger partial charge in [-0.25, -0.2) is 0 Å². The Morgan fingerprint density at radius 3 is 2.36 bits per heavy atom. The summed E-state index contributed by atoms with van der Waals surface area (Å²) in [7, 11) is 0. The van der Waals surface area contributed by atoms with E-state index in [9.17, 15) is 9.59 Å². The summed E-state index contributed by atoms with van der Waals surface area (Å²) in [6.45, 7) is 9.86. The Labute approximate surface area is 149 Å². The van der Waals surface area contributed by atoms with Gasteiger partial charge in [-0.3, -0.25) is 9.59 Å². The number of para-hydroxylation sites is 1. The van der Waals surface area contributed by atoms with Crippen LogP contribution in [0.25, 0.3) is 10.9 Å². The lowest BCUT2D eigenvalue weighted by Crippen LogP contribution is -2.46. The van der Waals surface area contributed by atoms with Crippen molar-refractivity contribution in [3.05, 3.63) is 36.0 Å². The normalized spacial score (nSPS) is 11.3. The molecule has 2 aromatic rings. The number of hydrogen-bond donors (Lipinski definition) is 2. The van der Waals surface area contributed by atoms with Crippen LogP contribution < -0.4 is 5.32 Å². The minimum atomic E-state index is -0.513. The number of aromatic amines is 1. The van der Waals surface area contributed by atoms with Crippen LogP contribution in [0.1, 0.15) is 33.3 Å². The first-order chi connectivity index (χ1) is 11.9. The molecule has 0 bridgehead atoms. The van der Waals surface area contributed by atoms with Crippen LogP contribution >= 0.6 is 0 Å². The van der Waals surface area contributed by atoms with Crippen molar-refractivity contribution in [2.45, 2.75) is 34.1 Å². The first-order valence-electron chi connectivity index (χ1n) is 9.00. The van der Waals surface area contributed by atoms with Gasteiger partial charge in [-0.05, 0) is 29.9 Å². The van der Waals surface area contributed by atoms with Gasteiger partial charge < -0.3 is 15.2 Å². The van der Waals surface area contributed by atoms with Crippen molar-refractivity contribution < 1.29 is 9.59 Å². The summed E-state index contributed by atoms with van der Waals surface area (Å²) < 4.78 is 0. The number of hydrogen-bond acceptors (Lipinski definition) is 2. The van der Waals surface area contributed by atoms with Crippen molar-refractivity contribution in [1.29, 1.82) is 0 Å². The molecule has 0 aliphatic rings. The molecule has 2 amide bonds. The number of amides is 2. The number of aromatic nitrogens is 1. The van der Waals surface area contributed by atoms with Crippen molar-refractivity contribution in [3.8, 4) is 0 Å². The zero-order valence-electron chi connectivity index (χ0n) is 15.6. The molecular formula is C20H29N3O2. The molecule has 1 aromatic heterocycles. The first kappa shape index (κ1) is 19.0. The maximum Gasteiger partial charge on any atom is 0.311 e. The van der Waals surface area contributed by atoms with Gasteiger partial charge in [0.2, 0.25) is 0 Å². The van der Waals surface area contributed by atoms with E-state index >= 15 is 0 Å². The number of fused-ring (bicyclic) bond motifs is 1. The third-order valence-electron chi connectivity index (χ3n) is 4.01. The van der Waals surface area contributed by atoms with Crippen LogP contribution in [0.4, 0.5) is 0 Å². The highest BCUT2D eigenvalue weighted by atomic mass is 16.2. The molecule has 2 N–H and O–H groups in total. The fourth-order valence-corrected chi connectivity index (χ4v) is 2.99. The lowest BCUT2D eigenvalue weighted by atomic mass is 10.1. The van der Waals surface area contributed by atoms with Crippen molar-refractivity contribution in [3.63, 3.8) is 0 Å². The van der Waals surface area contributed by atoms with Gasteiger partial charge in [0.25, 0.3) is 0 Å². The zero-order chi connectivity index (χ0) is 18.4. The molecule has 1 heterocycles. The van der Waals surface area contributed by atoms with Gasteiger partial charge in [0.05, 0.1) is 0 Å². The van der Waals surface area contributed by atoms with E-state index in [0.717, 1.165) is 16.5 Å². The molecule has 0 radical (unpaired) electrons. The van der Waals surface area contributed by atoms with Gasteiger partial charge >= 0.3 is 11.8 Å². The van der Waals surface area contributed by atoms with Crippen molar-refractivity contribution in [1.82, 2.24) is 15.2 Å². The second-order valence-corrected chi connectivity index (χ2v) is 7.36. The molecule has 0 aliphatic carbocycles. The minimum Gasteiger partial charge on any atom is -0.361 e. The summed E-state index contributed by atoms with van der Waals surface area (Å²) in [4.78, 5) is 29.5. The topological polar surface area (TPSA) is 65.2 Å². The molecular weight excluding hydrogens is 314 g/mol. The van der Waals surface area contributed by atoms with Crippen molar-refractivity contribution in [2.75, 3.05) is 19.6 Å². The highest BCUT2D eigenvalue weighted by Gasteiger charge is 2.22. The van der Waals surface area contributed by atoms with Crippen LogP contribution in [0.3, 0.4) is 0 Å². The number of carbonyl (C=O) groups excluding carboxylic acids is 2. The Hall–Kier alpha value is -2.30. The van der Waals surface area contributed by atoms with Crippen LogP contribution in [0, 0.1) is 11.8 Å². The highest BCUT2D eigenvalue weighted by Crippen LogP contribution is 2.17. The predicted molar refractivity (Wildman–Crippen MR) is 101 cm³/mol. The maximum absolute atomic E-state index is 12.4. The second kappa shape index (κ2) is 8.70. The lowest BCUT2D eigenvalue weighted by molar-refractivity contribution is -0.146. The van der Waals surface area contributed by atoms with E-state index in [1.807, 2.05) is 24.4 Å². The summed E-state index contributed by atoms with van der Waals surface area (Å²) in [5.74, 6) is -0.272. The van der Waals surface area contributed by atoms with E-state index < -0.39 is 11.8 Å². The Morgan fingerprint density at radius 1 is 1.08 bits per heavy atom. The van der Waals surface area contributed by atoms with E-state index in [4.69, 9.17) is 0 Å². The number of benzene rings is 1. The molecule has 0 fully saturated rings. The SMILES string of the molecule is CC(C)CN(CC(C)C)C(=O)C(=O)NCCc1c[nH]c2ccccc12. The minimum absolute atomic E-state index is 0.335. The predicted octanol–water partition coefficient (Wildman–Crippen LogP) is 2.97. The lowest BCUT2D eigenvalue weighted by Gasteiger charge is -2.25. The van der Waals surface area contributed by atoms with E-state index in [0.29, 0.717) is 37.9 Å². The number of H-pyrrole nitrogens is 1. The van der Waals surface area contributed by atoms with Crippen LogP contribution in [0.5, 0.6) is 0 Å². The molecule has 5 heteroatoms. The Morgan fingerprint density at radius 2 is 1.72 bits per heavy atom. The van der Waals surface area contributed by atoms with Crippen LogP contribution in [-0.2, 0) is 16.0 Å². The average molecular weight is 343 g/mol. The van der Waals surface area contributed by atoms with Crippen LogP contribution in [-0.4, -0.2) is 41.3 Å². The molecule has 0 spiro atoms. The Bertz CT molecular complexity index is 709. The Balaban J connectivity index is 1.90. The second-order valence-electron chi connectivity index (χ2n) is 7.36.